The van der Waals surface area contributed by atoms with Gasteiger partial charge in [0.15, 0.2) is 0 Å². The minimum absolute atomic E-state index is 0.0561. The molecule has 0 atom stereocenters. The molecule has 0 radical (unpaired) electrons. The Morgan fingerprint density at radius 3 is 2.43 bits per heavy atom. The molecule has 0 spiro atoms. The molecule has 2 aromatic carbocycles. The predicted molar refractivity (Wildman–Crippen MR) is 182 cm³/mol. The molecule has 244 valence electrons. The van der Waals surface area contributed by atoms with Crippen molar-refractivity contribution < 1.29 is 23.5 Å². The topological polar surface area (TPSA) is 98.0 Å². The minimum atomic E-state index is -0.567. The number of carbonyl (C=O) groups excluding carboxylic acids is 2. The zero-order chi connectivity index (χ0) is 33.2. The van der Waals surface area contributed by atoms with E-state index in [-0.39, 0.29) is 40.9 Å². The third-order valence-corrected chi connectivity index (χ3v) is 10.0. The number of halogens is 2. The molecule has 46 heavy (non-hydrogen) atoms. The Morgan fingerprint density at radius 1 is 1.09 bits per heavy atom. The lowest BCUT2D eigenvalue weighted by molar-refractivity contribution is 0.0165. The average Bonchev–Trinajstić information content (AvgIpc) is 3.37. The number of amides is 2. The number of rotatable bonds is 8. The van der Waals surface area contributed by atoms with Crippen molar-refractivity contribution in [3.8, 4) is 16.9 Å². The fraction of sp³-hybridized carbons (Fsp3) is 0.400. The second-order valence-corrected chi connectivity index (χ2v) is 14.2. The Kier molecular flexibility index (Phi) is 10.1. The number of nitrogen functional groups attached to an aromatic ring is 1. The quantitative estimate of drug-likeness (QED) is 0.203. The summed E-state index contributed by atoms with van der Waals surface area (Å²) in [5.74, 6) is 0.537. The molecule has 1 aliphatic carbocycles. The Morgan fingerprint density at radius 2 is 1.80 bits per heavy atom. The molecule has 8 nitrogen and oxygen atoms in total. The van der Waals surface area contributed by atoms with Crippen LogP contribution in [-0.2, 0) is 11.3 Å². The van der Waals surface area contributed by atoms with E-state index in [4.69, 9.17) is 26.8 Å². The average molecular weight is 667 g/mol. The van der Waals surface area contributed by atoms with Gasteiger partial charge in [-0.1, -0.05) is 23.7 Å². The Bertz CT molecular complexity index is 1710. The molecular formula is C35H40ClFN4O4S. The molecule has 2 aromatic heterocycles. The molecular weight excluding hydrogens is 627 g/mol. The molecule has 0 bridgehead atoms. The highest BCUT2D eigenvalue weighted by Crippen LogP contribution is 2.39. The van der Waals surface area contributed by atoms with E-state index in [0.717, 1.165) is 42.4 Å². The van der Waals surface area contributed by atoms with E-state index >= 15 is 0 Å². The number of benzene rings is 2. The van der Waals surface area contributed by atoms with Crippen LogP contribution in [0.15, 0.2) is 54.7 Å². The highest BCUT2D eigenvalue weighted by Gasteiger charge is 2.32. The summed E-state index contributed by atoms with van der Waals surface area (Å²) in [5, 5.41) is 0.392. The molecule has 1 fully saturated rings. The van der Waals surface area contributed by atoms with Crippen molar-refractivity contribution >= 4 is 50.8 Å². The fourth-order valence-corrected chi connectivity index (χ4v) is 7.46. The van der Waals surface area contributed by atoms with Gasteiger partial charge in [0, 0.05) is 53.6 Å². The lowest BCUT2D eigenvalue weighted by Crippen LogP contribution is -2.43. The van der Waals surface area contributed by atoms with Crippen LogP contribution in [0.2, 0.25) is 5.02 Å². The number of methoxy groups -OCH3 is 1. The zero-order valence-corrected chi connectivity index (χ0v) is 28.4. The van der Waals surface area contributed by atoms with Crippen LogP contribution in [-0.4, -0.2) is 59.1 Å². The summed E-state index contributed by atoms with van der Waals surface area (Å²) in [7, 11) is 3.39. The number of thiophene rings is 1. The van der Waals surface area contributed by atoms with Crippen LogP contribution in [0.1, 0.15) is 61.7 Å². The van der Waals surface area contributed by atoms with E-state index < -0.39 is 11.4 Å². The van der Waals surface area contributed by atoms with Gasteiger partial charge in [-0.2, -0.15) is 0 Å². The van der Waals surface area contributed by atoms with Gasteiger partial charge in [-0.3, -0.25) is 4.79 Å². The van der Waals surface area contributed by atoms with Gasteiger partial charge in [0.1, 0.15) is 27.9 Å². The second-order valence-electron chi connectivity index (χ2n) is 12.8. The van der Waals surface area contributed by atoms with E-state index in [2.05, 4.69) is 4.98 Å². The van der Waals surface area contributed by atoms with Gasteiger partial charge in [-0.05, 0) is 94.3 Å². The zero-order valence-electron chi connectivity index (χ0n) is 26.8. The summed E-state index contributed by atoms with van der Waals surface area (Å²) in [6.07, 6.45) is 4.61. The van der Waals surface area contributed by atoms with E-state index in [1.807, 2.05) is 45.0 Å². The van der Waals surface area contributed by atoms with Crippen LogP contribution in [0.5, 0.6) is 5.75 Å². The smallest absolute Gasteiger partial charge is 0.410 e. The summed E-state index contributed by atoms with van der Waals surface area (Å²) in [6.45, 7) is 6.29. The lowest BCUT2D eigenvalue weighted by Gasteiger charge is -2.37. The van der Waals surface area contributed by atoms with E-state index in [9.17, 15) is 14.0 Å². The van der Waals surface area contributed by atoms with E-state index in [0.29, 0.717) is 27.7 Å². The minimum Gasteiger partial charge on any atom is -0.496 e. The van der Waals surface area contributed by atoms with Crippen molar-refractivity contribution in [2.45, 2.75) is 64.6 Å². The molecule has 2 heterocycles. The van der Waals surface area contributed by atoms with Crippen LogP contribution in [0.3, 0.4) is 0 Å². The summed E-state index contributed by atoms with van der Waals surface area (Å²) in [5.41, 5.74) is 7.84. The third kappa shape index (κ3) is 7.56. The van der Waals surface area contributed by atoms with Gasteiger partial charge in [0.2, 0.25) is 0 Å². The first-order valence-electron chi connectivity index (χ1n) is 15.3. The maximum Gasteiger partial charge on any atom is 0.410 e. The number of ether oxygens (including phenoxy) is 2. The first-order chi connectivity index (χ1) is 21.8. The summed E-state index contributed by atoms with van der Waals surface area (Å²) >= 11 is 7.88. The van der Waals surface area contributed by atoms with Crippen LogP contribution in [0, 0.1) is 11.7 Å². The van der Waals surface area contributed by atoms with Crippen molar-refractivity contribution in [2.24, 2.45) is 5.92 Å². The molecule has 4 aromatic rings. The number of hydrogen-bond donors (Lipinski definition) is 1. The molecule has 11 heteroatoms. The predicted octanol–water partition coefficient (Wildman–Crippen LogP) is 8.41. The number of pyridine rings is 1. The summed E-state index contributed by atoms with van der Waals surface area (Å²) < 4.78 is 26.7. The van der Waals surface area contributed by atoms with Crippen LogP contribution in [0.4, 0.5) is 15.0 Å². The van der Waals surface area contributed by atoms with E-state index in [1.165, 1.54) is 17.4 Å². The van der Waals surface area contributed by atoms with Crippen molar-refractivity contribution in [1.29, 1.82) is 0 Å². The Labute approximate surface area is 278 Å². The van der Waals surface area contributed by atoms with Gasteiger partial charge >= 0.3 is 6.09 Å². The molecule has 2 amide bonds. The Hall–Kier alpha value is -3.89. The number of carbonyl (C=O) groups is 2. The summed E-state index contributed by atoms with van der Waals surface area (Å²) in [4.78, 5) is 35.0. The first kappa shape index (κ1) is 33.5. The van der Waals surface area contributed by atoms with Crippen molar-refractivity contribution in [3.63, 3.8) is 0 Å². The number of nitrogens with zero attached hydrogens (tertiary/aromatic N) is 3. The van der Waals surface area contributed by atoms with Gasteiger partial charge in [0.25, 0.3) is 5.91 Å². The number of fused-ring (bicyclic) bond motifs is 1. The van der Waals surface area contributed by atoms with Crippen LogP contribution >= 0.6 is 22.9 Å². The standard InChI is InChI=1S/C35H40ClFN4O4S/c1-35(2,3)45-34(43)40(4)25-13-9-21(10-14-25)19-41(33(42)32-31(36)30-26(37)7-6-8-28(30)46-32)20-24-17-22(11-15-27(24)44-5)23-12-16-29(38)39-18-23/h6-8,11-12,15-18,21,25H,9-10,13-14,19-20H2,1-5H3,(H2,38,39). The molecule has 0 aliphatic heterocycles. The van der Waals surface area contributed by atoms with Crippen molar-refractivity contribution in [3.05, 3.63) is 76.0 Å². The number of anilines is 1. The number of aromatic nitrogens is 1. The number of nitrogens with two attached hydrogens (primary N) is 1. The largest absolute Gasteiger partial charge is 0.496 e. The fourth-order valence-electron chi connectivity index (χ4n) is 5.94. The van der Waals surface area contributed by atoms with Gasteiger partial charge in [-0.25, -0.2) is 14.2 Å². The Balaban J connectivity index is 1.42. The van der Waals surface area contributed by atoms with Crippen molar-refractivity contribution in [1.82, 2.24) is 14.8 Å². The molecule has 2 N–H and O–H groups in total. The summed E-state index contributed by atoms with van der Waals surface area (Å²) in [6, 6.07) is 14.2. The normalized spacial score (nSPS) is 16.7. The van der Waals surface area contributed by atoms with Gasteiger partial charge in [0.05, 0.1) is 12.1 Å². The van der Waals surface area contributed by atoms with E-state index in [1.54, 1.807) is 48.4 Å². The van der Waals surface area contributed by atoms with Gasteiger partial charge < -0.3 is 25.0 Å². The monoisotopic (exact) mass is 666 g/mol. The highest BCUT2D eigenvalue weighted by atomic mass is 35.5. The van der Waals surface area contributed by atoms with Crippen molar-refractivity contribution in [2.75, 3.05) is 26.4 Å². The molecule has 1 aliphatic rings. The number of hydrogen-bond acceptors (Lipinski definition) is 7. The van der Waals surface area contributed by atoms with Crippen LogP contribution in [0.25, 0.3) is 21.2 Å². The van der Waals surface area contributed by atoms with Gasteiger partial charge in [-0.15, -0.1) is 11.3 Å². The second kappa shape index (κ2) is 13.8. The molecule has 1 saturated carbocycles. The molecule has 5 rings (SSSR count). The maximum atomic E-state index is 14.8. The lowest BCUT2D eigenvalue weighted by atomic mass is 9.85. The first-order valence-corrected chi connectivity index (χ1v) is 16.5. The third-order valence-electron chi connectivity index (χ3n) is 8.37. The maximum absolute atomic E-state index is 14.8. The molecule has 0 saturated heterocycles. The SMILES string of the molecule is COc1ccc(-c2ccc(N)nc2)cc1CN(CC1CCC(N(C)C(=O)OC(C)(C)C)CC1)C(=O)c1sc2cccc(F)c2c1Cl. The highest BCUT2D eigenvalue weighted by molar-refractivity contribution is 7.21. The van der Waals surface area contributed by atoms with Crippen LogP contribution < -0.4 is 10.5 Å². The molecule has 0 unspecified atom stereocenters.